The van der Waals surface area contributed by atoms with Crippen molar-refractivity contribution in [3.63, 3.8) is 0 Å². The quantitative estimate of drug-likeness (QED) is 0.885. The number of carboxylic acid groups (broad SMARTS) is 1. The maximum Gasteiger partial charge on any atom is 0.354 e. The molecular weight excluding hydrogens is 265 g/mol. The van der Waals surface area contributed by atoms with Gasteiger partial charge in [-0.1, -0.05) is 0 Å². The number of hydrogen-bond donors (Lipinski definition) is 2. The van der Waals surface area contributed by atoms with Crippen molar-refractivity contribution in [2.45, 2.75) is 18.8 Å². The monoisotopic (exact) mass is 275 g/mol. The van der Waals surface area contributed by atoms with E-state index < -0.39 is 23.0 Å². The number of aromatic nitrogens is 3. The summed E-state index contributed by atoms with van der Waals surface area (Å²) in [5.74, 6) is -1.81. The van der Waals surface area contributed by atoms with E-state index in [1.807, 2.05) is 0 Å². The molecule has 2 N–H and O–H groups in total. The molecule has 0 bridgehead atoms. The van der Waals surface area contributed by atoms with Gasteiger partial charge in [0.05, 0.1) is 0 Å². The lowest BCUT2D eigenvalue weighted by Gasteiger charge is -2.04. The summed E-state index contributed by atoms with van der Waals surface area (Å²) in [5, 5.41) is 8.85. The van der Waals surface area contributed by atoms with Crippen molar-refractivity contribution in [2.24, 2.45) is 0 Å². The number of rotatable bonds is 3. The number of nitrogens with one attached hydrogen (secondary N) is 1. The van der Waals surface area contributed by atoms with Crippen molar-refractivity contribution in [1.82, 2.24) is 15.0 Å². The van der Waals surface area contributed by atoms with Crippen LogP contribution in [0, 0.1) is 5.82 Å². The summed E-state index contributed by atoms with van der Waals surface area (Å²) in [5.41, 5.74) is -0.464. The summed E-state index contributed by atoms with van der Waals surface area (Å²) in [6, 6.07) is 2.19. The van der Waals surface area contributed by atoms with Gasteiger partial charge < -0.3 is 10.1 Å². The normalized spacial score (nSPS) is 14.2. The van der Waals surface area contributed by atoms with Crippen LogP contribution in [0.1, 0.15) is 34.8 Å². The van der Waals surface area contributed by atoms with Gasteiger partial charge in [0.25, 0.3) is 5.56 Å². The minimum Gasteiger partial charge on any atom is -0.477 e. The number of hydrogen-bond acceptors (Lipinski definition) is 4. The van der Waals surface area contributed by atoms with E-state index in [9.17, 15) is 14.0 Å². The van der Waals surface area contributed by atoms with Gasteiger partial charge in [-0.3, -0.25) is 4.79 Å². The van der Waals surface area contributed by atoms with Crippen molar-refractivity contribution in [1.29, 1.82) is 0 Å². The highest BCUT2D eigenvalue weighted by Gasteiger charge is 2.25. The zero-order valence-corrected chi connectivity index (χ0v) is 10.3. The van der Waals surface area contributed by atoms with E-state index >= 15 is 0 Å². The number of carboxylic acids is 1. The molecule has 1 aliphatic carbocycles. The molecule has 0 aliphatic heterocycles. The van der Waals surface area contributed by atoms with Crippen molar-refractivity contribution in [3.05, 3.63) is 45.8 Å². The predicted molar refractivity (Wildman–Crippen MR) is 67.0 cm³/mol. The zero-order chi connectivity index (χ0) is 14.3. The van der Waals surface area contributed by atoms with Gasteiger partial charge in [-0.15, -0.1) is 0 Å². The molecule has 6 nitrogen and oxygen atoms in total. The summed E-state index contributed by atoms with van der Waals surface area (Å²) in [4.78, 5) is 32.2. The molecule has 3 rings (SSSR count). The third kappa shape index (κ3) is 2.29. The molecule has 0 saturated heterocycles. The van der Waals surface area contributed by atoms with Crippen LogP contribution >= 0.6 is 0 Å². The average Bonchev–Trinajstić information content (AvgIpc) is 3.22. The Labute approximate surface area is 112 Å². The van der Waals surface area contributed by atoms with Gasteiger partial charge in [-0.25, -0.2) is 19.2 Å². The first kappa shape index (κ1) is 12.5. The highest BCUT2D eigenvalue weighted by atomic mass is 19.1. The van der Waals surface area contributed by atoms with Crippen molar-refractivity contribution < 1.29 is 14.3 Å². The fourth-order valence-electron chi connectivity index (χ4n) is 1.95. The Hall–Kier alpha value is -2.57. The molecule has 0 atom stereocenters. The molecule has 0 radical (unpaired) electrons. The summed E-state index contributed by atoms with van der Waals surface area (Å²) in [6.45, 7) is 0. The smallest absolute Gasteiger partial charge is 0.354 e. The van der Waals surface area contributed by atoms with Crippen molar-refractivity contribution in [2.75, 3.05) is 0 Å². The Morgan fingerprint density at radius 1 is 1.40 bits per heavy atom. The van der Waals surface area contributed by atoms with Crippen LogP contribution in [0.4, 0.5) is 4.39 Å². The van der Waals surface area contributed by atoms with E-state index in [1.54, 1.807) is 0 Å². The third-order valence-electron chi connectivity index (χ3n) is 3.10. The lowest BCUT2D eigenvalue weighted by molar-refractivity contribution is 0.0690. The fourth-order valence-corrected chi connectivity index (χ4v) is 1.95. The van der Waals surface area contributed by atoms with Crippen LogP contribution in [0.3, 0.4) is 0 Å². The highest BCUT2D eigenvalue weighted by Crippen LogP contribution is 2.40. The number of carbonyl (C=O) groups is 1. The van der Waals surface area contributed by atoms with Crippen molar-refractivity contribution >= 4 is 5.97 Å². The molecule has 2 aromatic rings. The standard InChI is InChI=1S/C13H10FN3O3/c14-8-3-7(6-1-2-6)5-15-11(8)12-16-9(13(19)20)4-10(18)17-12/h3-6H,1-2H2,(H,19,20)(H,16,17,18). The maximum absolute atomic E-state index is 14.0. The molecule has 2 heterocycles. The van der Waals surface area contributed by atoms with Gasteiger partial charge in [0.15, 0.2) is 17.3 Å². The number of nitrogens with zero attached hydrogens (tertiary/aromatic N) is 2. The van der Waals surface area contributed by atoms with E-state index in [2.05, 4.69) is 15.0 Å². The number of aromatic amines is 1. The predicted octanol–water partition coefficient (Wildman–Crippen LogP) is 1.55. The minimum absolute atomic E-state index is 0.158. The van der Waals surface area contributed by atoms with Gasteiger partial charge >= 0.3 is 5.97 Å². The Balaban J connectivity index is 2.08. The molecule has 0 amide bonds. The Morgan fingerprint density at radius 2 is 2.15 bits per heavy atom. The molecule has 0 spiro atoms. The molecule has 102 valence electrons. The van der Waals surface area contributed by atoms with Crippen molar-refractivity contribution in [3.8, 4) is 11.5 Å². The van der Waals surface area contributed by atoms with Crippen LogP contribution in [0.15, 0.2) is 23.1 Å². The lowest BCUT2D eigenvalue weighted by Crippen LogP contribution is -2.14. The summed E-state index contributed by atoms with van der Waals surface area (Å²) < 4.78 is 14.0. The van der Waals surface area contributed by atoms with Crippen LogP contribution in [0.5, 0.6) is 0 Å². The number of pyridine rings is 1. The molecule has 1 saturated carbocycles. The van der Waals surface area contributed by atoms with E-state index in [-0.39, 0.29) is 11.5 Å². The molecule has 20 heavy (non-hydrogen) atoms. The first-order valence-electron chi connectivity index (χ1n) is 6.05. The van der Waals surface area contributed by atoms with Gasteiger partial charge in [-0.2, -0.15) is 0 Å². The second-order valence-corrected chi connectivity index (χ2v) is 4.66. The van der Waals surface area contributed by atoms with Crippen LogP contribution in [-0.4, -0.2) is 26.0 Å². The van der Waals surface area contributed by atoms with E-state index in [4.69, 9.17) is 5.11 Å². The number of halogens is 1. The topological polar surface area (TPSA) is 95.9 Å². The number of H-pyrrole nitrogens is 1. The van der Waals surface area contributed by atoms with Gasteiger partial charge in [-0.05, 0) is 30.4 Å². The molecular formula is C13H10FN3O3. The Kier molecular flexibility index (Phi) is 2.81. The first-order chi connectivity index (χ1) is 9.54. The Morgan fingerprint density at radius 3 is 2.75 bits per heavy atom. The summed E-state index contributed by atoms with van der Waals surface area (Å²) >= 11 is 0. The second-order valence-electron chi connectivity index (χ2n) is 4.66. The lowest BCUT2D eigenvalue weighted by atomic mass is 10.1. The third-order valence-corrected chi connectivity index (χ3v) is 3.10. The molecule has 1 aliphatic rings. The van der Waals surface area contributed by atoms with Crippen LogP contribution in [0.25, 0.3) is 11.5 Å². The molecule has 2 aromatic heterocycles. The Bertz CT molecular complexity index is 753. The van der Waals surface area contributed by atoms with Gasteiger partial charge in [0.2, 0.25) is 0 Å². The zero-order valence-electron chi connectivity index (χ0n) is 10.3. The number of aromatic carboxylic acids is 1. The van der Waals surface area contributed by atoms with E-state index in [0.29, 0.717) is 5.92 Å². The molecule has 7 heteroatoms. The van der Waals surface area contributed by atoms with Gasteiger partial charge in [0, 0.05) is 12.3 Å². The summed E-state index contributed by atoms with van der Waals surface area (Å²) in [7, 11) is 0. The second kappa shape index (κ2) is 4.52. The van der Waals surface area contributed by atoms with Gasteiger partial charge in [0.1, 0.15) is 5.69 Å². The van der Waals surface area contributed by atoms with E-state index in [0.717, 1.165) is 24.5 Å². The van der Waals surface area contributed by atoms with Crippen LogP contribution in [0.2, 0.25) is 0 Å². The highest BCUT2D eigenvalue weighted by molar-refractivity contribution is 5.85. The molecule has 0 unspecified atom stereocenters. The molecule has 1 fully saturated rings. The van der Waals surface area contributed by atoms with Crippen LogP contribution in [-0.2, 0) is 0 Å². The van der Waals surface area contributed by atoms with Crippen LogP contribution < -0.4 is 5.56 Å². The largest absolute Gasteiger partial charge is 0.477 e. The minimum atomic E-state index is -1.35. The fraction of sp³-hybridized carbons (Fsp3) is 0.231. The SMILES string of the molecule is O=C(O)c1cc(=O)[nH]c(-c2ncc(C3CC3)cc2F)n1. The summed E-state index contributed by atoms with van der Waals surface area (Å²) in [6.07, 6.45) is 3.57. The molecule has 0 aromatic carbocycles. The maximum atomic E-state index is 14.0. The van der Waals surface area contributed by atoms with E-state index in [1.165, 1.54) is 12.3 Å². The average molecular weight is 275 g/mol. The first-order valence-corrected chi connectivity index (χ1v) is 6.05.